The van der Waals surface area contributed by atoms with E-state index in [-0.39, 0.29) is 20.1 Å². The molecular formula is C15H19IrN4-3. The van der Waals surface area contributed by atoms with Gasteiger partial charge in [-0.05, 0) is 39.6 Å². The number of benzene rings is 1. The number of hydrogen-bond donors (Lipinski definition) is 1. The van der Waals surface area contributed by atoms with E-state index < -0.39 is 0 Å². The maximum atomic E-state index is 3.33. The van der Waals surface area contributed by atoms with E-state index in [0.717, 1.165) is 11.4 Å². The third-order valence-corrected chi connectivity index (χ3v) is 2.63. The topological polar surface area (TPSA) is 21.8 Å². The Morgan fingerprint density at radius 3 is 2.85 bits per heavy atom. The number of hydrogen-bond acceptors (Lipinski definition) is 4. The van der Waals surface area contributed by atoms with Crippen LogP contribution in [0.2, 0.25) is 0 Å². The predicted octanol–water partition coefficient (Wildman–Crippen LogP) is 2.82. The first-order valence-electron chi connectivity index (χ1n) is 6.19. The van der Waals surface area contributed by atoms with E-state index in [1.807, 2.05) is 91.9 Å². The van der Waals surface area contributed by atoms with Crippen LogP contribution in [-0.2, 0) is 20.1 Å². The molecule has 1 aromatic rings. The number of rotatable bonds is 5. The Labute approximate surface area is 135 Å². The normalized spacial score (nSPS) is 13.8. The zero-order chi connectivity index (χ0) is 13.7. The summed E-state index contributed by atoms with van der Waals surface area (Å²) in [6.45, 7) is 5.89. The van der Waals surface area contributed by atoms with Gasteiger partial charge in [-0.15, -0.1) is 23.5 Å². The summed E-state index contributed by atoms with van der Waals surface area (Å²) in [5.74, 6) is 0. The molecule has 1 aromatic carbocycles. The minimum absolute atomic E-state index is 0. The van der Waals surface area contributed by atoms with Gasteiger partial charge in [-0.25, -0.2) is 0 Å². The van der Waals surface area contributed by atoms with Gasteiger partial charge in [-0.3, -0.25) is 0 Å². The first-order valence-corrected chi connectivity index (χ1v) is 6.19. The second kappa shape index (κ2) is 7.98. The SMILES string of the molecule is C/C=C\N(C)[CH-]Nc1[c-]c(N2C=CN(C)[CH-]2)ccc1.[Ir]. The minimum Gasteiger partial charge on any atom is -0.536 e. The fraction of sp³-hybridized carbons (Fsp3) is 0.200. The molecule has 0 saturated heterocycles. The zero-order valence-electron chi connectivity index (χ0n) is 11.9. The van der Waals surface area contributed by atoms with Crippen molar-refractivity contribution in [2.24, 2.45) is 0 Å². The van der Waals surface area contributed by atoms with Crippen LogP contribution in [0.1, 0.15) is 6.92 Å². The fourth-order valence-corrected chi connectivity index (χ4v) is 1.73. The van der Waals surface area contributed by atoms with Crippen molar-refractivity contribution in [2.75, 3.05) is 24.3 Å². The molecule has 0 spiro atoms. The molecule has 0 bridgehead atoms. The molecule has 5 heteroatoms. The van der Waals surface area contributed by atoms with Crippen LogP contribution >= 0.6 is 0 Å². The van der Waals surface area contributed by atoms with E-state index in [2.05, 4.69) is 11.4 Å². The van der Waals surface area contributed by atoms with E-state index in [9.17, 15) is 0 Å². The number of nitrogens with one attached hydrogen (secondary N) is 1. The van der Waals surface area contributed by atoms with Gasteiger partial charge >= 0.3 is 0 Å². The summed E-state index contributed by atoms with van der Waals surface area (Å²) in [5.41, 5.74) is 1.94. The first-order chi connectivity index (χ1) is 9.19. The van der Waals surface area contributed by atoms with Crippen molar-refractivity contribution in [2.45, 2.75) is 6.92 Å². The summed E-state index contributed by atoms with van der Waals surface area (Å²) in [6.07, 6.45) is 7.96. The molecule has 0 fully saturated rings. The molecule has 0 saturated carbocycles. The quantitative estimate of drug-likeness (QED) is 0.701. The van der Waals surface area contributed by atoms with E-state index in [1.165, 1.54) is 0 Å². The Kier molecular flexibility index (Phi) is 6.62. The van der Waals surface area contributed by atoms with Gasteiger partial charge in [-0.2, -0.15) is 25.5 Å². The standard InChI is InChI=1S/C15H19N4.Ir/c1-4-8-17(2)12-16-14-6-5-7-15(11-14)19-10-9-18(3)13-19;/h4-10,12-13,16H,1-3H3;/q-3;/b8-4-;. The number of anilines is 2. The Balaban J connectivity index is 0.00000200. The monoisotopic (exact) mass is 448 g/mol. The molecule has 0 amide bonds. The smallest absolute Gasteiger partial charge is 0 e. The summed E-state index contributed by atoms with van der Waals surface area (Å²) in [7, 11) is 3.97. The summed E-state index contributed by atoms with van der Waals surface area (Å²) >= 11 is 0. The molecule has 0 aliphatic carbocycles. The van der Waals surface area contributed by atoms with Gasteiger partial charge in [0.1, 0.15) is 0 Å². The van der Waals surface area contributed by atoms with Gasteiger partial charge < -0.3 is 20.0 Å². The second-order valence-corrected chi connectivity index (χ2v) is 4.36. The van der Waals surface area contributed by atoms with Crippen LogP contribution in [-0.4, -0.2) is 23.9 Å². The van der Waals surface area contributed by atoms with Gasteiger partial charge in [0.15, 0.2) is 0 Å². The number of allylic oxidation sites excluding steroid dienone is 1. The summed E-state index contributed by atoms with van der Waals surface area (Å²) in [5, 5.41) is 3.22. The predicted molar refractivity (Wildman–Crippen MR) is 79.5 cm³/mol. The van der Waals surface area contributed by atoms with Crippen LogP contribution in [0, 0.1) is 19.4 Å². The number of nitrogens with zero attached hydrogens (tertiary/aromatic N) is 3. The van der Waals surface area contributed by atoms with Gasteiger partial charge in [-0.1, -0.05) is 6.08 Å². The van der Waals surface area contributed by atoms with Crippen LogP contribution < -0.4 is 10.2 Å². The van der Waals surface area contributed by atoms with E-state index in [0.29, 0.717) is 0 Å². The molecule has 1 aliphatic heterocycles. The molecule has 0 unspecified atom stereocenters. The van der Waals surface area contributed by atoms with Crippen molar-refractivity contribution in [1.29, 1.82) is 0 Å². The van der Waals surface area contributed by atoms with Crippen LogP contribution in [0.3, 0.4) is 0 Å². The van der Waals surface area contributed by atoms with Crippen molar-refractivity contribution in [3.8, 4) is 0 Å². The average molecular weight is 448 g/mol. The third-order valence-electron chi connectivity index (χ3n) is 2.63. The molecule has 0 atom stereocenters. The van der Waals surface area contributed by atoms with E-state index in [4.69, 9.17) is 0 Å². The van der Waals surface area contributed by atoms with Crippen molar-refractivity contribution in [3.05, 3.63) is 62.3 Å². The molecule has 111 valence electrons. The van der Waals surface area contributed by atoms with Crippen molar-refractivity contribution in [3.63, 3.8) is 0 Å². The zero-order valence-corrected chi connectivity index (χ0v) is 14.3. The summed E-state index contributed by atoms with van der Waals surface area (Å²) in [6, 6.07) is 9.36. The largest absolute Gasteiger partial charge is 0.536 e. The Morgan fingerprint density at radius 1 is 1.40 bits per heavy atom. The maximum Gasteiger partial charge on any atom is 0 e. The Morgan fingerprint density at radius 2 is 2.20 bits per heavy atom. The van der Waals surface area contributed by atoms with Crippen molar-refractivity contribution in [1.82, 2.24) is 9.80 Å². The molecule has 1 radical (unpaired) electrons. The van der Waals surface area contributed by atoms with Crippen LogP contribution in [0.4, 0.5) is 11.4 Å². The average Bonchev–Trinajstić information content (AvgIpc) is 2.84. The van der Waals surface area contributed by atoms with Crippen LogP contribution in [0.25, 0.3) is 0 Å². The van der Waals surface area contributed by atoms with Crippen molar-refractivity contribution >= 4 is 11.4 Å². The molecule has 2 rings (SSSR count). The van der Waals surface area contributed by atoms with E-state index >= 15 is 0 Å². The molecule has 0 aromatic heterocycles. The molecule has 1 heterocycles. The summed E-state index contributed by atoms with van der Waals surface area (Å²) < 4.78 is 0. The van der Waals surface area contributed by atoms with Crippen molar-refractivity contribution < 1.29 is 20.1 Å². The van der Waals surface area contributed by atoms with Gasteiger partial charge in [0.25, 0.3) is 0 Å². The molecule has 1 aliphatic rings. The third kappa shape index (κ3) is 4.58. The minimum atomic E-state index is 0. The Hall–Kier alpha value is -1.45. The fourth-order valence-electron chi connectivity index (χ4n) is 1.73. The Bertz CT molecular complexity index is 473. The molecule has 20 heavy (non-hydrogen) atoms. The second-order valence-electron chi connectivity index (χ2n) is 4.36. The van der Waals surface area contributed by atoms with Gasteiger partial charge in [0.05, 0.1) is 0 Å². The molecular weight excluding hydrogens is 428 g/mol. The van der Waals surface area contributed by atoms with Crippen LogP contribution in [0.15, 0.2) is 42.9 Å². The van der Waals surface area contributed by atoms with Crippen LogP contribution in [0.5, 0.6) is 0 Å². The van der Waals surface area contributed by atoms with Gasteiger partial charge in [0, 0.05) is 20.1 Å². The molecule has 4 nitrogen and oxygen atoms in total. The van der Waals surface area contributed by atoms with E-state index in [1.54, 1.807) is 0 Å². The summed E-state index contributed by atoms with van der Waals surface area (Å²) in [4.78, 5) is 5.98. The molecule has 1 N–H and O–H groups in total. The van der Waals surface area contributed by atoms with Gasteiger partial charge in [0.2, 0.25) is 0 Å². The maximum absolute atomic E-state index is 3.33. The first kappa shape index (κ1) is 16.6.